The number of amides is 1. The fourth-order valence-electron chi connectivity index (χ4n) is 2.81. The first kappa shape index (κ1) is 17.2. The van der Waals surface area contributed by atoms with Gasteiger partial charge in [-0.05, 0) is 54.4 Å². The Bertz CT molecular complexity index is 1160. The highest BCUT2D eigenvalue weighted by atomic mass is 32.1. The molecule has 0 atom stereocenters. The van der Waals surface area contributed by atoms with Crippen LogP contribution in [0.25, 0.3) is 21.3 Å². The first-order chi connectivity index (χ1) is 13.1. The number of hydrazone groups is 1. The molecule has 134 valence electrons. The SMILES string of the molecule is C/C(=N\NC(=O)c1cc(-c2ccc(C)s2)[nH]n1)c1ccc2ccccc2c1. The van der Waals surface area contributed by atoms with E-state index in [4.69, 9.17) is 0 Å². The highest BCUT2D eigenvalue weighted by Gasteiger charge is 2.12. The molecule has 2 heterocycles. The molecule has 27 heavy (non-hydrogen) atoms. The molecule has 2 N–H and O–H groups in total. The molecule has 0 aliphatic rings. The number of nitrogens with one attached hydrogen (secondary N) is 2. The minimum absolute atomic E-state index is 0.311. The topological polar surface area (TPSA) is 70.1 Å². The molecule has 0 spiro atoms. The van der Waals surface area contributed by atoms with Gasteiger partial charge in [-0.1, -0.05) is 36.4 Å². The number of H-pyrrole nitrogens is 1. The number of fused-ring (bicyclic) bond motifs is 1. The lowest BCUT2D eigenvalue weighted by Gasteiger charge is -2.04. The predicted octanol–water partition coefficient (Wildman–Crippen LogP) is 4.75. The maximum absolute atomic E-state index is 12.3. The second kappa shape index (κ2) is 7.17. The summed E-state index contributed by atoms with van der Waals surface area (Å²) in [7, 11) is 0. The van der Waals surface area contributed by atoms with Gasteiger partial charge in [0.2, 0.25) is 0 Å². The number of carbonyl (C=O) groups excluding carboxylic acids is 1. The van der Waals surface area contributed by atoms with Crippen LogP contribution in [0, 0.1) is 6.92 Å². The van der Waals surface area contributed by atoms with Gasteiger partial charge in [0, 0.05) is 4.88 Å². The molecule has 0 bridgehead atoms. The Morgan fingerprint density at radius 3 is 2.67 bits per heavy atom. The number of nitrogens with zero attached hydrogens (tertiary/aromatic N) is 2. The first-order valence-electron chi connectivity index (χ1n) is 8.56. The van der Waals surface area contributed by atoms with Gasteiger partial charge in [0.05, 0.1) is 16.3 Å². The summed E-state index contributed by atoms with van der Waals surface area (Å²) in [6.07, 6.45) is 0. The van der Waals surface area contributed by atoms with Crippen LogP contribution < -0.4 is 5.43 Å². The number of thiophene rings is 1. The quantitative estimate of drug-likeness (QED) is 0.400. The zero-order chi connectivity index (χ0) is 18.8. The molecule has 6 heteroatoms. The van der Waals surface area contributed by atoms with Gasteiger partial charge in [-0.25, -0.2) is 5.43 Å². The van der Waals surface area contributed by atoms with E-state index >= 15 is 0 Å². The molecule has 1 amide bonds. The zero-order valence-electron chi connectivity index (χ0n) is 15.0. The summed E-state index contributed by atoms with van der Waals surface area (Å²) in [6.45, 7) is 3.91. The average Bonchev–Trinajstić information content (AvgIpc) is 3.34. The Kier molecular flexibility index (Phi) is 4.56. The van der Waals surface area contributed by atoms with Gasteiger partial charge < -0.3 is 0 Å². The van der Waals surface area contributed by atoms with Gasteiger partial charge in [0.15, 0.2) is 5.69 Å². The highest BCUT2D eigenvalue weighted by molar-refractivity contribution is 7.15. The van der Waals surface area contributed by atoms with Crippen molar-refractivity contribution in [3.63, 3.8) is 0 Å². The van der Waals surface area contributed by atoms with Crippen molar-refractivity contribution in [1.82, 2.24) is 15.6 Å². The van der Waals surface area contributed by atoms with Crippen molar-refractivity contribution < 1.29 is 4.79 Å². The summed E-state index contributed by atoms with van der Waals surface area (Å²) in [5.41, 5.74) is 5.42. The zero-order valence-corrected chi connectivity index (χ0v) is 15.8. The minimum Gasteiger partial charge on any atom is -0.276 e. The Labute approximate surface area is 160 Å². The normalized spacial score (nSPS) is 11.7. The number of benzene rings is 2. The number of aryl methyl sites for hydroxylation is 1. The van der Waals surface area contributed by atoms with Crippen LogP contribution in [0.1, 0.15) is 27.9 Å². The largest absolute Gasteiger partial charge is 0.291 e. The molecule has 0 unspecified atom stereocenters. The van der Waals surface area contributed by atoms with Gasteiger partial charge in [-0.15, -0.1) is 11.3 Å². The van der Waals surface area contributed by atoms with Crippen molar-refractivity contribution in [2.24, 2.45) is 5.10 Å². The molecule has 0 fully saturated rings. The van der Waals surface area contributed by atoms with Gasteiger partial charge in [0.1, 0.15) is 0 Å². The fourth-order valence-corrected chi connectivity index (χ4v) is 3.65. The second-order valence-electron chi connectivity index (χ2n) is 6.28. The summed E-state index contributed by atoms with van der Waals surface area (Å²) in [5.74, 6) is -0.342. The van der Waals surface area contributed by atoms with Crippen molar-refractivity contribution in [2.45, 2.75) is 13.8 Å². The molecule has 4 aromatic rings. The molecule has 5 nitrogen and oxygen atoms in total. The van der Waals surface area contributed by atoms with Crippen molar-refractivity contribution in [1.29, 1.82) is 0 Å². The summed E-state index contributed by atoms with van der Waals surface area (Å²) in [4.78, 5) is 14.6. The molecule has 0 saturated carbocycles. The summed E-state index contributed by atoms with van der Waals surface area (Å²) in [5, 5.41) is 13.5. The van der Waals surface area contributed by atoms with E-state index < -0.39 is 0 Å². The minimum atomic E-state index is -0.342. The molecule has 2 aromatic heterocycles. The molecule has 0 radical (unpaired) electrons. The van der Waals surface area contributed by atoms with Crippen molar-refractivity contribution in [2.75, 3.05) is 0 Å². The lowest BCUT2D eigenvalue weighted by atomic mass is 10.0. The lowest BCUT2D eigenvalue weighted by Crippen LogP contribution is -2.19. The van der Waals surface area contributed by atoms with Crippen LogP contribution in [0.5, 0.6) is 0 Å². The molecule has 4 rings (SSSR count). The van der Waals surface area contributed by atoms with E-state index in [2.05, 4.69) is 45.0 Å². The van der Waals surface area contributed by atoms with Crippen molar-refractivity contribution in [3.05, 3.63) is 76.8 Å². The average molecular weight is 374 g/mol. The molecule has 0 aliphatic carbocycles. The maximum Gasteiger partial charge on any atom is 0.291 e. The third-order valence-corrected chi connectivity index (χ3v) is 5.34. The Balaban J connectivity index is 1.49. The van der Waals surface area contributed by atoms with Crippen molar-refractivity contribution >= 4 is 33.7 Å². The van der Waals surface area contributed by atoms with Gasteiger partial charge >= 0.3 is 0 Å². The number of hydrogen-bond acceptors (Lipinski definition) is 4. The van der Waals surface area contributed by atoms with Crippen LogP contribution in [0.4, 0.5) is 0 Å². The number of hydrogen-bond donors (Lipinski definition) is 2. The predicted molar refractivity (Wildman–Crippen MR) is 110 cm³/mol. The van der Waals surface area contributed by atoms with Gasteiger partial charge in [0.25, 0.3) is 5.91 Å². The molecule has 0 saturated heterocycles. The maximum atomic E-state index is 12.3. The van der Waals surface area contributed by atoms with E-state index in [1.807, 2.05) is 44.2 Å². The number of carbonyl (C=O) groups is 1. The lowest BCUT2D eigenvalue weighted by molar-refractivity contribution is 0.0950. The van der Waals surface area contributed by atoms with E-state index in [1.54, 1.807) is 17.4 Å². The number of aromatic amines is 1. The van der Waals surface area contributed by atoms with E-state index in [-0.39, 0.29) is 5.91 Å². The van der Waals surface area contributed by atoms with Crippen LogP contribution in [0.2, 0.25) is 0 Å². The monoisotopic (exact) mass is 374 g/mol. The van der Waals surface area contributed by atoms with Crippen LogP contribution in [0.3, 0.4) is 0 Å². The van der Waals surface area contributed by atoms with Gasteiger partial charge in [-0.2, -0.15) is 10.2 Å². The van der Waals surface area contributed by atoms with Crippen LogP contribution in [0.15, 0.2) is 65.8 Å². The third-order valence-electron chi connectivity index (χ3n) is 4.31. The van der Waals surface area contributed by atoms with Crippen LogP contribution in [-0.2, 0) is 0 Å². The molecular weight excluding hydrogens is 356 g/mol. The smallest absolute Gasteiger partial charge is 0.276 e. The Morgan fingerprint density at radius 1 is 1.07 bits per heavy atom. The first-order valence-corrected chi connectivity index (χ1v) is 9.38. The van der Waals surface area contributed by atoms with Crippen molar-refractivity contribution in [3.8, 4) is 10.6 Å². The van der Waals surface area contributed by atoms with E-state index in [1.165, 1.54) is 10.3 Å². The summed E-state index contributed by atoms with van der Waals surface area (Å²) in [6, 6.07) is 20.0. The second-order valence-corrected chi connectivity index (χ2v) is 7.57. The van der Waals surface area contributed by atoms with E-state index in [9.17, 15) is 4.79 Å². The van der Waals surface area contributed by atoms with E-state index in [0.717, 1.165) is 27.2 Å². The molecule has 0 aliphatic heterocycles. The molecular formula is C21H18N4OS. The fraction of sp³-hybridized carbons (Fsp3) is 0.0952. The Morgan fingerprint density at radius 2 is 1.89 bits per heavy atom. The summed E-state index contributed by atoms with van der Waals surface area (Å²) < 4.78 is 0. The highest BCUT2D eigenvalue weighted by Crippen LogP contribution is 2.26. The summed E-state index contributed by atoms with van der Waals surface area (Å²) >= 11 is 1.65. The van der Waals surface area contributed by atoms with Crippen LogP contribution in [-0.4, -0.2) is 21.8 Å². The van der Waals surface area contributed by atoms with Crippen LogP contribution >= 0.6 is 11.3 Å². The standard InChI is InChI=1S/C21H18N4OS/c1-13-7-10-20(27-13)18-12-19(24-23-18)21(26)25-22-14(2)16-9-8-15-5-3-4-6-17(15)11-16/h3-12H,1-2H3,(H,23,24)(H,25,26)/b22-14+. The van der Waals surface area contributed by atoms with E-state index in [0.29, 0.717) is 5.69 Å². The number of aromatic nitrogens is 2. The third kappa shape index (κ3) is 3.66. The molecule has 2 aromatic carbocycles. The van der Waals surface area contributed by atoms with Gasteiger partial charge in [-0.3, -0.25) is 9.89 Å². The number of rotatable bonds is 4. The Hall–Kier alpha value is -3.25.